The van der Waals surface area contributed by atoms with Crippen molar-refractivity contribution in [2.24, 2.45) is 11.7 Å². The SMILES string of the molecule is CC(c1ccc2ccccc2c1)N1CC(C(N)=O)CC1=O. The molecule has 1 fully saturated rings. The minimum atomic E-state index is -0.392. The van der Waals surface area contributed by atoms with Crippen LogP contribution in [0.1, 0.15) is 24.9 Å². The first kappa shape index (κ1) is 13.6. The van der Waals surface area contributed by atoms with Gasteiger partial charge < -0.3 is 10.6 Å². The molecule has 0 saturated carbocycles. The molecule has 3 rings (SSSR count). The molecule has 2 unspecified atom stereocenters. The summed E-state index contributed by atoms with van der Waals surface area (Å²) in [5, 5.41) is 2.33. The topological polar surface area (TPSA) is 63.4 Å². The van der Waals surface area contributed by atoms with Crippen LogP contribution in [0.3, 0.4) is 0 Å². The number of amides is 2. The van der Waals surface area contributed by atoms with E-state index < -0.39 is 5.91 Å². The maximum atomic E-state index is 12.1. The summed E-state index contributed by atoms with van der Waals surface area (Å²) in [6.07, 6.45) is 0.229. The van der Waals surface area contributed by atoms with E-state index in [1.165, 1.54) is 5.39 Å². The number of nitrogens with zero attached hydrogens (tertiary/aromatic N) is 1. The molecule has 2 aromatic rings. The lowest BCUT2D eigenvalue weighted by Crippen LogP contribution is -2.30. The quantitative estimate of drug-likeness (QED) is 0.938. The first-order chi connectivity index (χ1) is 10.1. The molecule has 0 radical (unpaired) electrons. The monoisotopic (exact) mass is 282 g/mol. The molecule has 1 saturated heterocycles. The number of likely N-dealkylation sites (tertiary alicyclic amines) is 1. The fourth-order valence-electron chi connectivity index (χ4n) is 2.94. The van der Waals surface area contributed by atoms with Gasteiger partial charge in [0, 0.05) is 13.0 Å². The summed E-state index contributed by atoms with van der Waals surface area (Å²) in [6.45, 7) is 2.41. The van der Waals surface area contributed by atoms with Gasteiger partial charge in [-0.1, -0.05) is 36.4 Å². The highest BCUT2D eigenvalue weighted by Crippen LogP contribution is 2.30. The fraction of sp³-hybridized carbons (Fsp3) is 0.294. The van der Waals surface area contributed by atoms with Crippen molar-refractivity contribution in [1.29, 1.82) is 0 Å². The van der Waals surface area contributed by atoms with Crippen LogP contribution in [0.15, 0.2) is 42.5 Å². The van der Waals surface area contributed by atoms with Crippen molar-refractivity contribution in [2.75, 3.05) is 6.54 Å². The Morgan fingerprint density at radius 2 is 1.95 bits per heavy atom. The Bertz CT molecular complexity index is 711. The number of carbonyl (C=O) groups is 2. The van der Waals surface area contributed by atoms with Crippen molar-refractivity contribution in [3.05, 3.63) is 48.0 Å². The highest BCUT2D eigenvalue weighted by atomic mass is 16.2. The normalized spacial score (nSPS) is 20.0. The zero-order valence-corrected chi connectivity index (χ0v) is 12.0. The van der Waals surface area contributed by atoms with Crippen LogP contribution in [0.2, 0.25) is 0 Å². The summed E-state index contributed by atoms with van der Waals surface area (Å²) >= 11 is 0. The molecule has 2 N–H and O–H groups in total. The number of hydrogen-bond donors (Lipinski definition) is 1. The molecule has 0 aromatic heterocycles. The van der Waals surface area contributed by atoms with Crippen molar-refractivity contribution >= 4 is 22.6 Å². The zero-order valence-electron chi connectivity index (χ0n) is 12.0. The number of nitrogens with two attached hydrogens (primary N) is 1. The molecule has 0 aliphatic carbocycles. The van der Waals surface area contributed by atoms with Crippen molar-refractivity contribution in [3.8, 4) is 0 Å². The maximum absolute atomic E-state index is 12.1. The lowest BCUT2D eigenvalue weighted by Gasteiger charge is -2.25. The predicted molar refractivity (Wildman–Crippen MR) is 81.4 cm³/mol. The summed E-state index contributed by atoms with van der Waals surface area (Å²) in [5.41, 5.74) is 6.39. The van der Waals surface area contributed by atoms with Gasteiger partial charge in [-0.2, -0.15) is 0 Å². The van der Waals surface area contributed by atoms with Crippen LogP contribution in [-0.2, 0) is 9.59 Å². The minimum Gasteiger partial charge on any atom is -0.369 e. The second-order valence-electron chi connectivity index (χ2n) is 5.63. The van der Waals surface area contributed by atoms with E-state index >= 15 is 0 Å². The van der Waals surface area contributed by atoms with Gasteiger partial charge >= 0.3 is 0 Å². The Kier molecular flexibility index (Phi) is 3.37. The van der Waals surface area contributed by atoms with Crippen molar-refractivity contribution in [2.45, 2.75) is 19.4 Å². The average molecular weight is 282 g/mol. The van der Waals surface area contributed by atoms with E-state index in [1.807, 2.05) is 25.1 Å². The molecule has 1 aliphatic heterocycles. The molecule has 0 bridgehead atoms. The molecule has 1 heterocycles. The third-order valence-electron chi connectivity index (χ3n) is 4.28. The van der Waals surface area contributed by atoms with E-state index in [1.54, 1.807) is 4.90 Å². The van der Waals surface area contributed by atoms with E-state index in [-0.39, 0.29) is 24.3 Å². The maximum Gasteiger partial charge on any atom is 0.223 e. The summed E-state index contributed by atoms with van der Waals surface area (Å²) < 4.78 is 0. The van der Waals surface area contributed by atoms with Crippen LogP contribution in [-0.4, -0.2) is 23.3 Å². The van der Waals surface area contributed by atoms with E-state index in [2.05, 4.69) is 24.3 Å². The van der Waals surface area contributed by atoms with Gasteiger partial charge in [0.15, 0.2) is 0 Å². The van der Waals surface area contributed by atoms with Crippen molar-refractivity contribution < 1.29 is 9.59 Å². The second kappa shape index (κ2) is 5.20. The third kappa shape index (κ3) is 2.49. The Morgan fingerprint density at radius 1 is 1.24 bits per heavy atom. The molecule has 2 atom stereocenters. The highest BCUT2D eigenvalue weighted by molar-refractivity contribution is 5.89. The number of primary amides is 1. The van der Waals surface area contributed by atoms with E-state index in [0.717, 1.165) is 10.9 Å². The molecule has 4 nitrogen and oxygen atoms in total. The van der Waals surface area contributed by atoms with E-state index in [9.17, 15) is 9.59 Å². The van der Waals surface area contributed by atoms with Crippen molar-refractivity contribution in [3.63, 3.8) is 0 Å². The molecular formula is C17H18N2O2. The summed E-state index contributed by atoms with van der Waals surface area (Å²) in [4.78, 5) is 25.1. The standard InChI is InChI=1S/C17H18N2O2/c1-11(19-10-15(17(18)21)9-16(19)20)13-7-6-12-4-2-3-5-14(12)8-13/h2-8,11,15H,9-10H2,1H3,(H2,18,21). The second-order valence-corrected chi connectivity index (χ2v) is 5.63. The summed E-state index contributed by atoms with van der Waals surface area (Å²) in [5.74, 6) is -0.753. The lowest BCUT2D eigenvalue weighted by molar-refractivity contribution is -0.130. The molecule has 2 amide bonds. The predicted octanol–water partition coefficient (Wildman–Crippen LogP) is 2.23. The molecular weight excluding hydrogens is 264 g/mol. The molecule has 0 spiro atoms. The van der Waals surface area contributed by atoms with Gasteiger partial charge in [0.2, 0.25) is 11.8 Å². The molecule has 2 aromatic carbocycles. The molecule has 1 aliphatic rings. The van der Waals surface area contributed by atoms with Crippen LogP contribution in [0, 0.1) is 5.92 Å². The molecule has 21 heavy (non-hydrogen) atoms. The first-order valence-corrected chi connectivity index (χ1v) is 7.14. The molecule has 4 heteroatoms. The number of carbonyl (C=O) groups excluding carboxylic acids is 2. The smallest absolute Gasteiger partial charge is 0.223 e. The van der Waals surface area contributed by atoms with Gasteiger partial charge in [-0.05, 0) is 29.3 Å². The van der Waals surface area contributed by atoms with Crippen LogP contribution in [0.25, 0.3) is 10.8 Å². The largest absolute Gasteiger partial charge is 0.369 e. The summed E-state index contributed by atoms with van der Waals surface area (Å²) in [7, 11) is 0. The number of benzene rings is 2. The molecule has 108 valence electrons. The van der Waals surface area contributed by atoms with Crippen LogP contribution < -0.4 is 5.73 Å². The Labute approximate surface area is 123 Å². The van der Waals surface area contributed by atoms with Gasteiger partial charge in [0.1, 0.15) is 0 Å². The van der Waals surface area contributed by atoms with Crippen molar-refractivity contribution in [1.82, 2.24) is 4.90 Å². The fourth-order valence-corrected chi connectivity index (χ4v) is 2.94. The van der Waals surface area contributed by atoms with E-state index in [0.29, 0.717) is 6.54 Å². The van der Waals surface area contributed by atoms with E-state index in [4.69, 9.17) is 5.73 Å². The van der Waals surface area contributed by atoms with Gasteiger partial charge in [0.05, 0.1) is 12.0 Å². The Balaban J connectivity index is 1.88. The van der Waals surface area contributed by atoms with Gasteiger partial charge in [-0.25, -0.2) is 0 Å². The minimum absolute atomic E-state index is 0.000501. The Morgan fingerprint density at radius 3 is 2.62 bits per heavy atom. The summed E-state index contributed by atoms with van der Waals surface area (Å²) in [6, 6.07) is 14.3. The Hall–Kier alpha value is -2.36. The van der Waals surface area contributed by atoms with Crippen LogP contribution in [0.4, 0.5) is 0 Å². The average Bonchev–Trinajstić information content (AvgIpc) is 2.88. The van der Waals surface area contributed by atoms with Gasteiger partial charge in [-0.3, -0.25) is 9.59 Å². The first-order valence-electron chi connectivity index (χ1n) is 7.14. The number of fused-ring (bicyclic) bond motifs is 1. The highest BCUT2D eigenvalue weighted by Gasteiger charge is 2.35. The van der Waals surface area contributed by atoms with Gasteiger partial charge in [0.25, 0.3) is 0 Å². The number of hydrogen-bond acceptors (Lipinski definition) is 2. The lowest BCUT2D eigenvalue weighted by atomic mass is 10.0. The van der Waals surface area contributed by atoms with Crippen LogP contribution >= 0.6 is 0 Å². The van der Waals surface area contributed by atoms with Crippen LogP contribution in [0.5, 0.6) is 0 Å². The van der Waals surface area contributed by atoms with Gasteiger partial charge in [-0.15, -0.1) is 0 Å². The number of rotatable bonds is 3. The zero-order chi connectivity index (χ0) is 15.0. The third-order valence-corrected chi connectivity index (χ3v) is 4.28.